The van der Waals surface area contributed by atoms with E-state index in [0.717, 1.165) is 0 Å². The Balaban J connectivity index is 0. The molecule has 0 amide bonds. The van der Waals surface area contributed by atoms with Gasteiger partial charge in [0.05, 0.1) is 0 Å². The monoisotopic (exact) mass is 486 g/mol. The van der Waals surface area contributed by atoms with Crippen LogP contribution in [0.25, 0.3) is 12.3 Å². The Morgan fingerprint density at radius 3 is 0.600 bits per heavy atom. The molecule has 0 aliphatic carbocycles. The summed E-state index contributed by atoms with van der Waals surface area (Å²) >= 11 is 0. The van der Waals surface area contributed by atoms with Crippen molar-refractivity contribution < 1.29 is 21.7 Å². The van der Waals surface area contributed by atoms with Crippen LogP contribution < -0.4 is 0 Å². The van der Waals surface area contributed by atoms with Crippen molar-refractivity contribution in [1.82, 2.24) is 0 Å². The molecule has 0 heterocycles. The van der Waals surface area contributed by atoms with E-state index in [-0.39, 0.29) is 88.6 Å². The standard InChI is InChI=1S/2N.Ti.2Tl/q2*-3;+4;2*+1. The maximum absolute atomic E-state index is 0. The maximum Gasteiger partial charge on any atom is 4.00 e. The first-order valence-electron chi connectivity index (χ1n) is 0. The zero-order valence-electron chi connectivity index (χ0n) is 2.55. The molecule has 0 N–H and O–H groups in total. The van der Waals surface area contributed by atoms with Gasteiger partial charge in [-0.3, -0.25) is 0 Å². The van der Waals surface area contributed by atoms with Crippen LogP contribution in [0.2, 0.25) is 0 Å². The third-order valence-corrected chi connectivity index (χ3v) is 0. The topological polar surface area (TPSA) is 61.0 Å². The first kappa shape index (κ1) is 51.1. The van der Waals surface area contributed by atoms with E-state index in [1.54, 1.807) is 0 Å². The van der Waals surface area contributed by atoms with E-state index in [1.807, 2.05) is 0 Å². The molecule has 0 spiro atoms. The van der Waals surface area contributed by atoms with Crippen LogP contribution in [0.4, 0.5) is 0 Å². The quantitative estimate of drug-likeness (QED) is 0.428. The van der Waals surface area contributed by atoms with Crippen molar-refractivity contribution in [3.8, 4) is 0 Å². The fourth-order valence-electron chi connectivity index (χ4n) is 0. The summed E-state index contributed by atoms with van der Waals surface area (Å²) in [4.78, 5) is 0. The van der Waals surface area contributed by atoms with Crippen LogP contribution in [-0.2, 0) is 21.7 Å². The molecular formula is N2TiTl2. The van der Waals surface area contributed by atoms with E-state index in [0.29, 0.717) is 0 Å². The van der Waals surface area contributed by atoms with Crippen LogP contribution in [0, 0.1) is 0 Å². The van der Waals surface area contributed by atoms with E-state index in [1.165, 1.54) is 0 Å². The fraction of sp³-hybridized carbons (Fsp3) is 0. The summed E-state index contributed by atoms with van der Waals surface area (Å²) in [5, 5.41) is 0. The minimum atomic E-state index is 0. The third-order valence-electron chi connectivity index (χ3n) is 0. The fourth-order valence-corrected chi connectivity index (χ4v) is 0. The Kier molecular flexibility index (Phi) is 323. The smallest absolute Gasteiger partial charge is 3.00 e. The van der Waals surface area contributed by atoms with E-state index < -0.39 is 0 Å². The Morgan fingerprint density at radius 2 is 0.600 bits per heavy atom. The third kappa shape index (κ3) is 21.2. The number of nitrogens with zero attached hydrogens (tertiary/aromatic N) is 2. The molecule has 0 aliphatic heterocycles. The molecule has 0 fully saturated rings. The molecule has 0 aromatic rings. The zero-order chi connectivity index (χ0) is 0. The van der Waals surface area contributed by atoms with Gasteiger partial charge < -0.3 is 12.3 Å². The summed E-state index contributed by atoms with van der Waals surface area (Å²) in [5.74, 6) is 0. The van der Waals surface area contributed by atoms with Crippen LogP contribution in [0.3, 0.4) is 0 Å². The summed E-state index contributed by atoms with van der Waals surface area (Å²) in [5.41, 5.74) is 0. The molecule has 5 heteroatoms. The van der Waals surface area contributed by atoms with Crippen molar-refractivity contribution in [3.05, 3.63) is 12.3 Å². The molecule has 5 heavy (non-hydrogen) atoms. The maximum atomic E-state index is 0. The number of rotatable bonds is 0. The Bertz CT molecular complexity index is 7.61. The first-order valence-corrected chi connectivity index (χ1v) is 0. The Labute approximate surface area is 87.2 Å². The van der Waals surface area contributed by atoms with E-state index in [2.05, 4.69) is 0 Å². The van der Waals surface area contributed by atoms with Gasteiger partial charge in [0.1, 0.15) is 0 Å². The zero-order valence-corrected chi connectivity index (χ0v) is 13.1. The van der Waals surface area contributed by atoms with Crippen molar-refractivity contribution in [2.24, 2.45) is 0 Å². The summed E-state index contributed by atoms with van der Waals surface area (Å²) in [7, 11) is 0. The Hall–Kier alpha value is 2.48. The van der Waals surface area contributed by atoms with Gasteiger partial charge in [0.2, 0.25) is 0 Å². The molecular weight excluding hydrogens is 485 g/mol. The average Bonchev–Trinajstić information content (AvgIpc) is 0. The van der Waals surface area contributed by atoms with Gasteiger partial charge in [-0.15, -0.1) is 0 Å². The van der Waals surface area contributed by atoms with Gasteiger partial charge in [0, 0.05) is 0 Å². The van der Waals surface area contributed by atoms with Gasteiger partial charge in [-0.1, -0.05) is 0 Å². The summed E-state index contributed by atoms with van der Waals surface area (Å²) in [6.07, 6.45) is 0. The second-order valence-electron chi connectivity index (χ2n) is 0. The molecule has 0 aromatic carbocycles. The van der Waals surface area contributed by atoms with Gasteiger partial charge in [0.15, 0.2) is 0 Å². The van der Waals surface area contributed by atoms with Gasteiger partial charge in [-0.05, 0) is 0 Å². The van der Waals surface area contributed by atoms with Gasteiger partial charge >= 0.3 is 76.3 Å². The first-order chi connectivity index (χ1) is 0. The minimum Gasteiger partial charge on any atom is -3.00 e. The molecule has 0 atom stereocenters. The van der Waals surface area contributed by atoms with Crippen molar-refractivity contribution in [2.75, 3.05) is 0 Å². The second kappa shape index (κ2) is 31.7. The molecule has 0 saturated heterocycles. The normalized spacial score (nSPS) is 0. The summed E-state index contributed by atoms with van der Waals surface area (Å²) in [6.45, 7) is 0. The predicted molar refractivity (Wildman–Crippen MR) is 18.2 cm³/mol. The molecule has 0 aromatic heterocycles. The van der Waals surface area contributed by atoms with E-state index >= 15 is 0 Å². The molecule has 0 radical (unpaired) electrons. The van der Waals surface area contributed by atoms with Crippen LogP contribution >= 0.6 is 0 Å². The number of hydrogen-bond acceptors (Lipinski definition) is 0. The van der Waals surface area contributed by atoms with Crippen molar-refractivity contribution in [2.45, 2.75) is 0 Å². The van der Waals surface area contributed by atoms with Gasteiger partial charge in [0.25, 0.3) is 0 Å². The minimum absolute atomic E-state index is 0. The van der Waals surface area contributed by atoms with Gasteiger partial charge in [-0.25, -0.2) is 0 Å². The van der Waals surface area contributed by atoms with E-state index in [4.69, 9.17) is 0 Å². The van der Waals surface area contributed by atoms with Crippen molar-refractivity contribution in [1.29, 1.82) is 0 Å². The SMILES string of the molecule is [N-3].[N-3].[Ti+4].[Tl+].[Tl+]. The summed E-state index contributed by atoms with van der Waals surface area (Å²) < 4.78 is 0. The molecule has 0 aliphatic rings. The molecule has 20 valence electrons. The van der Waals surface area contributed by atoms with Crippen LogP contribution in [0.1, 0.15) is 0 Å². The molecule has 0 saturated carbocycles. The predicted octanol–water partition coefficient (Wildman–Crippen LogP) is -0.187. The van der Waals surface area contributed by atoms with Crippen LogP contribution in [0.5, 0.6) is 0 Å². The van der Waals surface area contributed by atoms with Crippen molar-refractivity contribution >= 4 is 54.6 Å². The summed E-state index contributed by atoms with van der Waals surface area (Å²) in [6, 6.07) is 0. The van der Waals surface area contributed by atoms with Crippen molar-refractivity contribution in [3.63, 3.8) is 0 Å². The van der Waals surface area contributed by atoms with Crippen LogP contribution in [0.15, 0.2) is 0 Å². The molecule has 0 rings (SSSR count). The average molecular weight is 485 g/mol. The van der Waals surface area contributed by atoms with E-state index in [9.17, 15) is 0 Å². The van der Waals surface area contributed by atoms with Crippen LogP contribution in [-0.4, -0.2) is 54.6 Å². The molecule has 0 unspecified atom stereocenters. The second-order valence-corrected chi connectivity index (χ2v) is 0. The number of hydrogen-bond donors (Lipinski definition) is 0. The van der Waals surface area contributed by atoms with Gasteiger partial charge in [-0.2, -0.15) is 0 Å². The Morgan fingerprint density at radius 1 is 0.600 bits per heavy atom. The molecule has 0 bridgehead atoms. The largest absolute Gasteiger partial charge is 4.00 e. The molecule has 2 nitrogen and oxygen atoms in total.